The summed E-state index contributed by atoms with van der Waals surface area (Å²) in [6, 6.07) is 6.82. The van der Waals surface area contributed by atoms with E-state index in [0.29, 0.717) is 10.6 Å². The zero-order valence-corrected chi connectivity index (χ0v) is 12.8. The highest BCUT2D eigenvalue weighted by Crippen LogP contribution is 2.29. The van der Waals surface area contributed by atoms with Gasteiger partial charge in [-0.1, -0.05) is 12.1 Å². The Labute approximate surface area is 128 Å². The number of nitrogens with one attached hydrogen (secondary N) is 1. The van der Waals surface area contributed by atoms with Crippen LogP contribution >= 0.6 is 11.8 Å². The van der Waals surface area contributed by atoms with Gasteiger partial charge in [-0.3, -0.25) is 0 Å². The molecule has 0 bridgehead atoms. The van der Waals surface area contributed by atoms with Crippen molar-refractivity contribution in [1.29, 1.82) is 0 Å². The van der Waals surface area contributed by atoms with E-state index in [-0.39, 0.29) is 5.82 Å². The maximum Gasteiger partial charge on any atom is 0.141 e. The Morgan fingerprint density at radius 3 is 2.90 bits per heavy atom. The summed E-state index contributed by atoms with van der Waals surface area (Å²) in [7, 11) is 0. The molecule has 3 rings (SSSR count). The molecule has 1 N–H and O–H groups in total. The minimum atomic E-state index is -0.185. The van der Waals surface area contributed by atoms with E-state index in [4.69, 9.17) is 0 Å². The van der Waals surface area contributed by atoms with E-state index < -0.39 is 0 Å². The monoisotopic (exact) mass is 303 g/mol. The van der Waals surface area contributed by atoms with Crippen LogP contribution in [0.2, 0.25) is 0 Å². The Kier molecular flexibility index (Phi) is 4.39. The molecule has 5 heteroatoms. The quantitative estimate of drug-likeness (QED) is 0.852. The standard InChI is InChI=1S/C16H18FN3S/c1-2-18-16-11-6-5-8-13(11)19-15(20-16)10-21-14-9-4-3-7-12(14)17/h3-4,7,9H,2,5-6,8,10H2,1H3,(H,18,19,20). The van der Waals surface area contributed by atoms with Crippen molar-refractivity contribution in [3.05, 3.63) is 47.2 Å². The third-order valence-electron chi connectivity index (χ3n) is 3.52. The van der Waals surface area contributed by atoms with Gasteiger partial charge in [0.15, 0.2) is 0 Å². The number of thioether (sulfide) groups is 1. The molecule has 2 aromatic rings. The van der Waals surface area contributed by atoms with Gasteiger partial charge >= 0.3 is 0 Å². The molecule has 1 aliphatic carbocycles. The first-order valence-electron chi connectivity index (χ1n) is 7.27. The fourth-order valence-electron chi connectivity index (χ4n) is 2.57. The van der Waals surface area contributed by atoms with E-state index in [0.717, 1.165) is 43.1 Å². The molecule has 0 atom stereocenters. The van der Waals surface area contributed by atoms with E-state index in [1.165, 1.54) is 23.4 Å². The van der Waals surface area contributed by atoms with Crippen molar-refractivity contribution in [3.8, 4) is 0 Å². The van der Waals surface area contributed by atoms with Gasteiger partial charge in [-0.15, -0.1) is 11.8 Å². The summed E-state index contributed by atoms with van der Waals surface area (Å²) in [5, 5.41) is 3.32. The first-order chi connectivity index (χ1) is 10.3. The largest absolute Gasteiger partial charge is 0.370 e. The van der Waals surface area contributed by atoms with Crippen LogP contribution in [-0.4, -0.2) is 16.5 Å². The Balaban J connectivity index is 1.80. The molecule has 1 heterocycles. The highest BCUT2D eigenvalue weighted by atomic mass is 32.2. The molecule has 0 fully saturated rings. The normalized spacial score (nSPS) is 13.2. The molecule has 0 radical (unpaired) electrons. The van der Waals surface area contributed by atoms with Gasteiger partial charge in [0.05, 0.1) is 5.75 Å². The molecule has 1 aliphatic rings. The second-order valence-electron chi connectivity index (χ2n) is 5.02. The number of rotatable bonds is 5. The zero-order valence-electron chi connectivity index (χ0n) is 12.0. The average molecular weight is 303 g/mol. The highest BCUT2D eigenvalue weighted by molar-refractivity contribution is 7.98. The van der Waals surface area contributed by atoms with E-state index in [1.807, 2.05) is 6.07 Å². The lowest BCUT2D eigenvalue weighted by molar-refractivity contribution is 0.602. The van der Waals surface area contributed by atoms with Crippen LogP contribution in [0.15, 0.2) is 29.2 Å². The minimum Gasteiger partial charge on any atom is -0.370 e. The first-order valence-corrected chi connectivity index (χ1v) is 8.26. The van der Waals surface area contributed by atoms with Crippen molar-refractivity contribution in [2.45, 2.75) is 36.8 Å². The fourth-order valence-corrected chi connectivity index (χ4v) is 3.36. The van der Waals surface area contributed by atoms with Gasteiger partial charge in [-0.05, 0) is 38.3 Å². The second-order valence-corrected chi connectivity index (χ2v) is 6.03. The molecule has 0 spiro atoms. The number of benzene rings is 1. The summed E-state index contributed by atoms with van der Waals surface area (Å²) in [5.74, 6) is 2.15. The van der Waals surface area contributed by atoms with Crippen LogP contribution in [0, 0.1) is 5.82 Å². The van der Waals surface area contributed by atoms with Crippen molar-refractivity contribution >= 4 is 17.6 Å². The van der Waals surface area contributed by atoms with E-state index in [2.05, 4.69) is 22.2 Å². The van der Waals surface area contributed by atoms with Gasteiger partial charge < -0.3 is 5.32 Å². The Bertz CT molecular complexity index is 645. The van der Waals surface area contributed by atoms with Gasteiger partial charge in [0, 0.05) is 22.7 Å². The molecule has 110 valence electrons. The SMILES string of the molecule is CCNc1nc(CSc2ccccc2F)nc2c1CCC2. The molecule has 0 saturated heterocycles. The molecular weight excluding hydrogens is 285 g/mol. The number of aryl methyl sites for hydroxylation is 1. The zero-order chi connectivity index (χ0) is 14.7. The lowest BCUT2D eigenvalue weighted by Gasteiger charge is -2.11. The van der Waals surface area contributed by atoms with Crippen molar-refractivity contribution in [2.24, 2.45) is 0 Å². The Hall–Kier alpha value is -1.62. The Morgan fingerprint density at radius 2 is 2.10 bits per heavy atom. The van der Waals surface area contributed by atoms with Crippen LogP contribution in [-0.2, 0) is 18.6 Å². The van der Waals surface area contributed by atoms with E-state index in [9.17, 15) is 4.39 Å². The maximum atomic E-state index is 13.6. The summed E-state index contributed by atoms with van der Waals surface area (Å²) >= 11 is 1.44. The molecule has 0 unspecified atom stereocenters. The molecule has 1 aromatic heterocycles. The fraction of sp³-hybridized carbons (Fsp3) is 0.375. The summed E-state index contributed by atoms with van der Waals surface area (Å²) < 4.78 is 13.6. The highest BCUT2D eigenvalue weighted by Gasteiger charge is 2.19. The molecule has 21 heavy (non-hydrogen) atoms. The molecule has 0 saturated carbocycles. The van der Waals surface area contributed by atoms with Crippen molar-refractivity contribution in [3.63, 3.8) is 0 Å². The Morgan fingerprint density at radius 1 is 1.24 bits per heavy atom. The van der Waals surface area contributed by atoms with E-state index >= 15 is 0 Å². The van der Waals surface area contributed by atoms with Crippen LogP contribution in [0.25, 0.3) is 0 Å². The number of hydrogen-bond acceptors (Lipinski definition) is 4. The van der Waals surface area contributed by atoms with Crippen LogP contribution in [0.1, 0.15) is 30.4 Å². The maximum absolute atomic E-state index is 13.6. The van der Waals surface area contributed by atoms with Gasteiger partial charge in [0.25, 0.3) is 0 Å². The van der Waals surface area contributed by atoms with Gasteiger partial charge in [0.1, 0.15) is 17.5 Å². The number of nitrogens with zero attached hydrogens (tertiary/aromatic N) is 2. The number of fused-ring (bicyclic) bond motifs is 1. The summed E-state index contributed by atoms with van der Waals surface area (Å²) in [5.41, 5.74) is 2.42. The predicted molar refractivity (Wildman–Crippen MR) is 84.2 cm³/mol. The van der Waals surface area contributed by atoms with Gasteiger partial charge in [0.2, 0.25) is 0 Å². The van der Waals surface area contributed by atoms with Crippen LogP contribution in [0.4, 0.5) is 10.2 Å². The average Bonchev–Trinajstić information content (AvgIpc) is 2.95. The van der Waals surface area contributed by atoms with E-state index in [1.54, 1.807) is 12.1 Å². The number of halogens is 1. The van der Waals surface area contributed by atoms with Crippen LogP contribution in [0.3, 0.4) is 0 Å². The molecule has 0 aliphatic heterocycles. The van der Waals surface area contributed by atoms with Crippen molar-refractivity contribution in [2.75, 3.05) is 11.9 Å². The second kappa shape index (κ2) is 6.43. The van der Waals surface area contributed by atoms with Crippen LogP contribution < -0.4 is 5.32 Å². The number of hydrogen-bond donors (Lipinski definition) is 1. The smallest absolute Gasteiger partial charge is 0.141 e. The van der Waals surface area contributed by atoms with Crippen molar-refractivity contribution in [1.82, 2.24) is 9.97 Å². The van der Waals surface area contributed by atoms with Gasteiger partial charge in [-0.2, -0.15) is 0 Å². The lowest BCUT2D eigenvalue weighted by atomic mass is 10.2. The number of anilines is 1. The van der Waals surface area contributed by atoms with Crippen LogP contribution in [0.5, 0.6) is 0 Å². The molecule has 0 amide bonds. The summed E-state index contributed by atoms with van der Waals surface area (Å²) in [6.07, 6.45) is 3.22. The minimum absolute atomic E-state index is 0.185. The topological polar surface area (TPSA) is 37.8 Å². The summed E-state index contributed by atoms with van der Waals surface area (Å²) in [6.45, 7) is 2.92. The predicted octanol–water partition coefficient (Wildman–Crippen LogP) is 3.83. The van der Waals surface area contributed by atoms with Gasteiger partial charge in [-0.25, -0.2) is 14.4 Å². The van der Waals surface area contributed by atoms with Crippen molar-refractivity contribution < 1.29 is 4.39 Å². The summed E-state index contributed by atoms with van der Waals surface area (Å²) in [4.78, 5) is 9.90. The first kappa shape index (κ1) is 14.3. The number of aromatic nitrogens is 2. The molecule has 3 nitrogen and oxygen atoms in total. The molecular formula is C16H18FN3S. The third-order valence-corrected chi connectivity index (χ3v) is 4.56. The third kappa shape index (κ3) is 3.18. The molecule has 1 aromatic carbocycles. The lowest BCUT2D eigenvalue weighted by Crippen LogP contribution is -2.08.